The number of benzene rings is 6. The molecule has 4 heteroatoms. The minimum absolute atomic E-state index is 0.881. The van der Waals surface area contributed by atoms with E-state index in [1.165, 1.54) is 45.0 Å². The zero-order valence-electron chi connectivity index (χ0n) is 23.9. The van der Waals surface area contributed by atoms with Gasteiger partial charge < -0.3 is 20.7 Å². The maximum atomic E-state index is 5.71. The lowest BCUT2D eigenvalue weighted by Crippen LogP contribution is -2.05. The minimum Gasteiger partial charge on any atom is -0.453 e. The number of rotatable bonds is 0. The van der Waals surface area contributed by atoms with Gasteiger partial charge in [0.25, 0.3) is 0 Å². The molecule has 9 rings (SSSR count). The number of fused-ring (bicyclic) bond motifs is 6. The highest BCUT2D eigenvalue weighted by Crippen LogP contribution is 2.41. The van der Waals surface area contributed by atoms with E-state index in [2.05, 4.69) is 113 Å². The third kappa shape index (κ3) is 5.95. The molecule has 0 amide bonds. The molecule has 0 radical (unpaired) electrons. The van der Waals surface area contributed by atoms with Gasteiger partial charge in [0.05, 0.1) is 11.4 Å². The van der Waals surface area contributed by atoms with Crippen LogP contribution in [-0.2, 0) is 19.3 Å². The van der Waals surface area contributed by atoms with Crippen LogP contribution in [0.2, 0.25) is 0 Å². The van der Waals surface area contributed by atoms with E-state index in [-0.39, 0.29) is 0 Å². The average molecular weight is 560 g/mol. The van der Waals surface area contributed by atoms with Gasteiger partial charge in [0.2, 0.25) is 0 Å². The van der Waals surface area contributed by atoms with Gasteiger partial charge in [-0.1, -0.05) is 97.1 Å². The first kappa shape index (κ1) is 26.4. The third-order valence-corrected chi connectivity index (χ3v) is 7.92. The summed E-state index contributed by atoms with van der Waals surface area (Å²) in [5.74, 6) is 1.76. The molecule has 3 aliphatic heterocycles. The molecule has 0 unspecified atom stereocenters. The van der Waals surface area contributed by atoms with Gasteiger partial charge in [-0.05, 0) is 83.6 Å². The summed E-state index contributed by atoms with van der Waals surface area (Å²) in [5, 5.41) is 10.3. The highest BCUT2D eigenvalue weighted by atomic mass is 16.5. The molecule has 0 fully saturated rings. The van der Waals surface area contributed by atoms with Crippen molar-refractivity contribution < 1.29 is 4.74 Å². The SMILES string of the molecule is c1ccc2c(c1)CCc1ccccc1N2.c1ccc2c(c1)Cc1ccccc1N2.c1ccc2c(c1)Nc1ccccc1O2. The van der Waals surface area contributed by atoms with Gasteiger partial charge in [-0.15, -0.1) is 0 Å². The van der Waals surface area contributed by atoms with Crippen LogP contribution in [0.3, 0.4) is 0 Å². The van der Waals surface area contributed by atoms with Crippen molar-refractivity contribution in [3.63, 3.8) is 0 Å². The predicted molar refractivity (Wildman–Crippen MR) is 179 cm³/mol. The topological polar surface area (TPSA) is 45.3 Å². The lowest BCUT2D eigenvalue weighted by Gasteiger charge is -2.20. The molecule has 0 bridgehead atoms. The predicted octanol–water partition coefficient (Wildman–Crippen LogP) is 10.4. The lowest BCUT2D eigenvalue weighted by molar-refractivity contribution is 0.481. The van der Waals surface area contributed by atoms with E-state index in [1.54, 1.807) is 0 Å². The van der Waals surface area contributed by atoms with Gasteiger partial charge in [-0.2, -0.15) is 0 Å². The van der Waals surface area contributed by atoms with Crippen molar-refractivity contribution in [1.82, 2.24) is 0 Å². The highest BCUT2D eigenvalue weighted by Gasteiger charge is 2.15. The highest BCUT2D eigenvalue weighted by molar-refractivity contribution is 5.75. The number of anilines is 6. The molecule has 6 aromatic carbocycles. The Kier molecular flexibility index (Phi) is 7.48. The summed E-state index contributed by atoms with van der Waals surface area (Å²) < 4.78 is 5.71. The van der Waals surface area contributed by atoms with Gasteiger partial charge in [-0.25, -0.2) is 0 Å². The standard InChI is InChI=1S/C14H13N.C13H11N.C12H9NO/c1-3-7-13-11(5-1)9-10-12-6-2-4-8-14(12)15-13;1-3-7-12-10(5-1)9-11-6-2-4-8-13(11)14-12;1-3-7-11-9(5-1)13-10-6-2-4-8-12(10)14-11/h1-8,15H,9-10H2;1-8,14H,9H2;1-8,13H. The summed E-state index contributed by atoms with van der Waals surface area (Å²) in [7, 11) is 0. The van der Waals surface area contributed by atoms with E-state index < -0.39 is 0 Å². The zero-order valence-corrected chi connectivity index (χ0v) is 23.9. The van der Waals surface area contributed by atoms with E-state index in [9.17, 15) is 0 Å². The Morgan fingerprint density at radius 1 is 0.326 bits per heavy atom. The summed E-state index contributed by atoms with van der Waals surface area (Å²) in [5.41, 5.74) is 12.6. The maximum absolute atomic E-state index is 5.71. The van der Waals surface area contributed by atoms with E-state index in [4.69, 9.17) is 4.74 Å². The van der Waals surface area contributed by atoms with Crippen LogP contribution >= 0.6 is 0 Å². The molecule has 4 nitrogen and oxygen atoms in total. The lowest BCUT2D eigenvalue weighted by atomic mass is 9.98. The van der Waals surface area contributed by atoms with Gasteiger partial charge in [0, 0.05) is 29.2 Å². The Bertz CT molecular complexity index is 1570. The fourth-order valence-electron chi connectivity index (χ4n) is 5.66. The third-order valence-electron chi connectivity index (χ3n) is 7.92. The number of hydrogen-bond acceptors (Lipinski definition) is 4. The van der Waals surface area contributed by atoms with Gasteiger partial charge in [0.15, 0.2) is 11.5 Å². The Hall–Kier alpha value is -5.48. The smallest absolute Gasteiger partial charge is 0.150 e. The molecule has 43 heavy (non-hydrogen) atoms. The summed E-state index contributed by atoms with van der Waals surface area (Å²) in [6.45, 7) is 0. The molecule has 0 spiro atoms. The van der Waals surface area contributed by atoms with E-state index in [0.29, 0.717) is 0 Å². The van der Waals surface area contributed by atoms with Crippen LogP contribution in [0.4, 0.5) is 34.1 Å². The van der Waals surface area contributed by atoms with Gasteiger partial charge in [-0.3, -0.25) is 0 Å². The van der Waals surface area contributed by atoms with E-state index >= 15 is 0 Å². The monoisotopic (exact) mass is 559 g/mol. The summed E-state index contributed by atoms with van der Waals surface area (Å²) in [4.78, 5) is 0. The van der Waals surface area contributed by atoms with Crippen molar-refractivity contribution in [3.05, 3.63) is 168 Å². The van der Waals surface area contributed by atoms with Crippen molar-refractivity contribution in [2.24, 2.45) is 0 Å². The Morgan fingerprint density at radius 2 is 0.628 bits per heavy atom. The molecule has 3 heterocycles. The molecular formula is C39H33N3O. The Morgan fingerprint density at radius 3 is 1.07 bits per heavy atom. The molecule has 0 atom stereocenters. The number of para-hydroxylation sites is 8. The summed E-state index contributed by atoms with van der Waals surface area (Å²) >= 11 is 0. The van der Waals surface area contributed by atoms with E-state index in [0.717, 1.165) is 42.1 Å². The second kappa shape index (κ2) is 12.2. The van der Waals surface area contributed by atoms with Crippen molar-refractivity contribution in [1.29, 1.82) is 0 Å². The first-order valence-corrected chi connectivity index (χ1v) is 14.8. The Labute approximate surface area is 253 Å². The number of nitrogens with one attached hydrogen (secondary N) is 3. The second-order valence-corrected chi connectivity index (χ2v) is 10.8. The van der Waals surface area contributed by atoms with Crippen LogP contribution in [-0.4, -0.2) is 0 Å². The van der Waals surface area contributed by atoms with Crippen LogP contribution < -0.4 is 20.7 Å². The molecule has 0 saturated carbocycles. The average Bonchev–Trinajstić information content (AvgIpc) is 3.26. The quantitative estimate of drug-likeness (QED) is 0.173. The van der Waals surface area contributed by atoms with Crippen LogP contribution in [0.1, 0.15) is 22.3 Å². The van der Waals surface area contributed by atoms with Gasteiger partial charge >= 0.3 is 0 Å². The first-order valence-electron chi connectivity index (χ1n) is 14.8. The number of aryl methyl sites for hydroxylation is 2. The number of ether oxygens (including phenoxy) is 1. The first-order chi connectivity index (χ1) is 21.3. The fourth-order valence-corrected chi connectivity index (χ4v) is 5.66. The van der Waals surface area contributed by atoms with Crippen LogP contribution in [0.5, 0.6) is 11.5 Å². The molecule has 6 aromatic rings. The second-order valence-electron chi connectivity index (χ2n) is 10.8. The fraction of sp³-hybridized carbons (Fsp3) is 0.0769. The largest absolute Gasteiger partial charge is 0.453 e. The molecule has 3 N–H and O–H groups in total. The molecule has 0 aliphatic carbocycles. The number of hydrogen-bond donors (Lipinski definition) is 3. The normalized spacial score (nSPS) is 12.7. The van der Waals surface area contributed by atoms with Crippen molar-refractivity contribution in [3.8, 4) is 11.5 Å². The van der Waals surface area contributed by atoms with Crippen LogP contribution in [0, 0.1) is 0 Å². The molecule has 0 aromatic heterocycles. The molecule has 210 valence electrons. The van der Waals surface area contributed by atoms with Gasteiger partial charge in [0.1, 0.15) is 0 Å². The summed E-state index contributed by atoms with van der Waals surface area (Å²) in [6, 6.07) is 49.9. The maximum Gasteiger partial charge on any atom is 0.150 e. The zero-order chi connectivity index (χ0) is 28.8. The summed E-state index contributed by atoms with van der Waals surface area (Å²) in [6.07, 6.45) is 3.29. The molecular weight excluding hydrogens is 526 g/mol. The van der Waals surface area contributed by atoms with Crippen molar-refractivity contribution in [2.75, 3.05) is 16.0 Å². The molecule has 0 saturated heterocycles. The van der Waals surface area contributed by atoms with Crippen molar-refractivity contribution in [2.45, 2.75) is 19.3 Å². The van der Waals surface area contributed by atoms with Crippen molar-refractivity contribution >= 4 is 34.1 Å². The molecule has 3 aliphatic rings. The van der Waals surface area contributed by atoms with Crippen LogP contribution in [0.25, 0.3) is 0 Å². The Balaban J connectivity index is 0.000000105. The minimum atomic E-state index is 0.881. The van der Waals surface area contributed by atoms with Crippen LogP contribution in [0.15, 0.2) is 146 Å². The van der Waals surface area contributed by atoms with E-state index in [1.807, 2.05) is 48.5 Å².